The molecule has 2 aromatic rings. The van der Waals surface area contributed by atoms with Crippen molar-refractivity contribution in [3.8, 4) is 0 Å². The molecule has 0 saturated heterocycles. The van der Waals surface area contributed by atoms with Gasteiger partial charge < -0.3 is 9.26 Å². The molecule has 4 nitrogen and oxygen atoms in total. The molecule has 6 heteroatoms. The van der Waals surface area contributed by atoms with Crippen LogP contribution in [0.2, 0.25) is 5.02 Å². The first-order valence-electron chi connectivity index (χ1n) is 6.37. The van der Waals surface area contributed by atoms with Crippen molar-refractivity contribution >= 4 is 23.4 Å². The number of ether oxygens (including phenoxy) is 1. The molecule has 0 amide bonds. The van der Waals surface area contributed by atoms with Crippen LogP contribution in [0, 0.1) is 0 Å². The molecule has 1 aromatic heterocycles. The summed E-state index contributed by atoms with van der Waals surface area (Å²) in [6, 6.07) is 7.87. The van der Waals surface area contributed by atoms with E-state index < -0.39 is 0 Å². The van der Waals surface area contributed by atoms with Gasteiger partial charge in [-0.3, -0.25) is 0 Å². The quantitative estimate of drug-likeness (QED) is 0.776. The van der Waals surface area contributed by atoms with Gasteiger partial charge in [0.2, 0.25) is 5.89 Å². The predicted octanol–water partition coefficient (Wildman–Crippen LogP) is 3.91. The van der Waals surface area contributed by atoms with Gasteiger partial charge in [0.15, 0.2) is 5.82 Å². The van der Waals surface area contributed by atoms with Crippen LogP contribution in [0.4, 0.5) is 0 Å². The average Bonchev–Trinajstić information content (AvgIpc) is 2.91. The van der Waals surface area contributed by atoms with Gasteiger partial charge in [0.05, 0.1) is 12.4 Å². The van der Waals surface area contributed by atoms with Crippen molar-refractivity contribution in [3.05, 3.63) is 46.6 Å². The molecule has 1 heterocycles. The smallest absolute Gasteiger partial charge is 0.236 e. The molecule has 0 bridgehead atoms. The Labute approximate surface area is 127 Å². The Morgan fingerprint density at radius 1 is 1.40 bits per heavy atom. The lowest BCUT2D eigenvalue weighted by Gasteiger charge is -2.11. The van der Waals surface area contributed by atoms with Crippen LogP contribution >= 0.6 is 23.4 Å². The van der Waals surface area contributed by atoms with Crippen molar-refractivity contribution in [1.29, 1.82) is 0 Å². The monoisotopic (exact) mass is 312 g/mol. The molecule has 0 fully saturated rings. The molecular formula is C14H17ClN2O2S. The molecule has 0 aliphatic carbocycles. The number of halogens is 1. The van der Waals surface area contributed by atoms with E-state index in [1.54, 1.807) is 18.9 Å². The van der Waals surface area contributed by atoms with Crippen molar-refractivity contribution in [2.24, 2.45) is 0 Å². The molecule has 1 atom stereocenters. The highest BCUT2D eigenvalue weighted by Crippen LogP contribution is 2.34. The van der Waals surface area contributed by atoms with Crippen LogP contribution in [0.5, 0.6) is 0 Å². The minimum absolute atomic E-state index is 0.276. The molecule has 0 N–H and O–H groups in total. The minimum atomic E-state index is 0.276. The van der Waals surface area contributed by atoms with Gasteiger partial charge in [-0.2, -0.15) is 4.98 Å². The average molecular weight is 313 g/mol. The Hall–Kier alpha value is -1.04. The Bertz CT molecular complexity index is 547. The van der Waals surface area contributed by atoms with E-state index in [1.165, 1.54) is 0 Å². The molecular weight excluding hydrogens is 296 g/mol. The van der Waals surface area contributed by atoms with Crippen LogP contribution in [0.15, 0.2) is 28.8 Å². The number of nitrogens with zero attached hydrogens (tertiary/aromatic N) is 2. The number of aromatic nitrogens is 2. The van der Waals surface area contributed by atoms with E-state index in [-0.39, 0.29) is 5.25 Å². The van der Waals surface area contributed by atoms with Crippen molar-refractivity contribution in [2.75, 3.05) is 13.7 Å². The maximum absolute atomic E-state index is 6.18. The number of thioether (sulfide) groups is 1. The lowest BCUT2D eigenvalue weighted by molar-refractivity contribution is 0.199. The van der Waals surface area contributed by atoms with Crippen LogP contribution < -0.4 is 0 Å². The molecule has 0 aliphatic heterocycles. The number of hydrogen-bond acceptors (Lipinski definition) is 5. The largest absolute Gasteiger partial charge is 0.384 e. The van der Waals surface area contributed by atoms with Gasteiger partial charge in [0.1, 0.15) is 0 Å². The lowest BCUT2D eigenvalue weighted by Crippen LogP contribution is -1.96. The minimum Gasteiger partial charge on any atom is -0.384 e. The topological polar surface area (TPSA) is 48.2 Å². The van der Waals surface area contributed by atoms with E-state index in [0.29, 0.717) is 30.5 Å². The highest BCUT2D eigenvalue weighted by molar-refractivity contribution is 7.98. The van der Waals surface area contributed by atoms with E-state index >= 15 is 0 Å². The van der Waals surface area contributed by atoms with E-state index in [0.717, 1.165) is 10.6 Å². The summed E-state index contributed by atoms with van der Waals surface area (Å²) in [6.45, 7) is 2.72. The summed E-state index contributed by atoms with van der Waals surface area (Å²) >= 11 is 7.91. The van der Waals surface area contributed by atoms with Crippen LogP contribution in [0.3, 0.4) is 0 Å². The van der Waals surface area contributed by atoms with Gasteiger partial charge in [0, 0.05) is 23.8 Å². The summed E-state index contributed by atoms with van der Waals surface area (Å²) in [5.41, 5.74) is 1.12. The second kappa shape index (κ2) is 7.67. The molecule has 0 aliphatic rings. The summed E-state index contributed by atoms with van der Waals surface area (Å²) in [6.07, 6.45) is 0.671. The second-order valence-electron chi connectivity index (χ2n) is 4.32. The highest BCUT2D eigenvalue weighted by atomic mass is 35.5. The van der Waals surface area contributed by atoms with Crippen LogP contribution in [0.1, 0.15) is 29.5 Å². The molecule has 108 valence electrons. The summed E-state index contributed by atoms with van der Waals surface area (Å²) in [7, 11) is 1.65. The van der Waals surface area contributed by atoms with Crippen molar-refractivity contribution < 1.29 is 9.26 Å². The number of hydrogen-bond donors (Lipinski definition) is 0. The normalized spacial score (nSPS) is 12.6. The van der Waals surface area contributed by atoms with Gasteiger partial charge in [-0.15, -0.1) is 11.8 Å². The molecule has 0 spiro atoms. The first-order chi connectivity index (χ1) is 9.70. The summed E-state index contributed by atoms with van der Waals surface area (Å²) < 4.78 is 10.2. The van der Waals surface area contributed by atoms with Crippen LogP contribution in [0.25, 0.3) is 0 Å². The van der Waals surface area contributed by atoms with E-state index in [1.807, 2.05) is 24.3 Å². The zero-order valence-electron chi connectivity index (χ0n) is 11.5. The second-order valence-corrected chi connectivity index (χ2v) is 6.06. The SMILES string of the molecule is COCCc1noc(CS[C@@H](C)c2ccccc2Cl)n1. The molecule has 0 radical (unpaired) electrons. The fourth-order valence-corrected chi connectivity index (χ4v) is 2.99. The summed E-state index contributed by atoms with van der Waals surface area (Å²) in [5, 5.41) is 4.98. The van der Waals surface area contributed by atoms with Gasteiger partial charge in [-0.05, 0) is 18.6 Å². The first kappa shape index (κ1) is 15.4. The van der Waals surface area contributed by atoms with E-state index in [2.05, 4.69) is 17.1 Å². The standard InChI is InChI=1S/C14H17ClN2O2S/c1-10(11-5-3-4-6-12(11)15)20-9-14-16-13(17-19-14)7-8-18-2/h3-6,10H,7-9H2,1-2H3/t10-/m0/s1. The van der Waals surface area contributed by atoms with Gasteiger partial charge in [-0.1, -0.05) is 35.0 Å². The number of rotatable bonds is 7. The molecule has 0 unspecified atom stereocenters. The van der Waals surface area contributed by atoms with Gasteiger partial charge >= 0.3 is 0 Å². The Morgan fingerprint density at radius 3 is 2.95 bits per heavy atom. The summed E-state index contributed by atoms with van der Waals surface area (Å²) in [5.74, 6) is 2.00. The third-order valence-corrected chi connectivity index (χ3v) is 4.35. The highest BCUT2D eigenvalue weighted by Gasteiger charge is 2.12. The van der Waals surface area contributed by atoms with Gasteiger partial charge in [-0.25, -0.2) is 0 Å². The van der Waals surface area contributed by atoms with Crippen LogP contribution in [-0.4, -0.2) is 23.9 Å². The van der Waals surface area contributed by atoms with E-state index in [4.69, 9.17) is 20.9 Å². The zero-order valence-corrected chi connectivity index (χ0v) is 13.1. The third kappa shape index (κ3) is 4.23. The molecule has 20 heavy (non-hydrogen) atoms. The fourth-order valence-electron chi connectivity index (χ4n) is 1.73. The van der Waals surface area contributed by atoms with Gasteiger partial charge in [0.25, 0.3) is 0 Å². The van der Waals surface area contributed by atoms with Crippen molar-refractivity contribution in [1.82, 2.24) is 10.1 Å². The maximum atomic E-state index is 6.18. The Kier molecular flexibility index (Phi) is 5.88. The first-order valence-corrected chi connectivity index (χ1v) is 7.80. The van der Waals surface area contributed by atoms with Crippen molar-refractivity contribution in [2.45, 2.75) is 24.3 Å². The molecule has 0 saturated carbocycles. The number of benzene rings is 1. The fraction of sp³-hybridized carbons (Fsp3) is 0.429. The summed E-state index contributed by atoms with van der Waals surface area (Å²) in [4.78, 5) is 4.32. The molecule has 1 aromatic carbocycles. The Balaban J connectivity index is 1.88. The lowest BCUT2D eigenvalue weighted by atomic mass is 10.2. The maximum Gasteiger partial charge on any atom is 0.236 e. The Morgan fingerprint density at radius 2 is 2.20 bits per heavy atom. The predicted molar refractivity (Wildman–Crippen MR) is 81.0 cm³/mol. The third-order valence-electron chi connectivity index (χ3n) is 2.84. The van der Waals surface area contributed by atoms with Crippen LogP contribution in [-0.2, 0) is 16.9 Å². The molecule has 2 rings (SSSR count). The number of methoxy groups -OCH3 is 1. The zero-order chi connectivity index (χ0) is 14.4. The van der Waals surface area contributed by atoms with E-state index in [9.17, 15) is 0 Å². The van der Waals surface area contributed by atoms with Crippen molar-refractivity contribution in [3.63, 3.8) is 0 Å².